The summed E-state index contributed by atoms with van der Waals surface area (Å²) < 4.78 is 11.4. The highest BCUT2D eigenvalue weighted by molar-refractivity contribution is 7.85. The largest absolute Gasteiger partial charge is 0.478 e. The molecule has 0 atom stereocenters. The lowest BCUT2D eigenvalue weighted by Crippen LogP contribution is -2.48. The van der Waals surface area contributed by atoms with Crippen LogP contribution in [0.4, 0.5) is 10.5 Å². The molecule has 2 aliphatic rings. The van der Waals surface area contributed by atoms with Crippen LogP contribution in [-0.4, -0.2) is 57.4 Å². The number of carbonyl (C=O) groups is 2. The molecule has 21 heavy (non-hydrogen) atoms. The van der Waals surface area contributed by atoms with Gasteiger partial charge in [-0.25, -0.2) is 9.59 Å². The molecule has 2 aliphatic heterocycles. The first-order valence-corrected chi connectivity index (χ1v) is 8.32. The average molecular weight is 308 g/mol. The van der Waals surface area contributed by atoms with E-state index in [-0.39, 0.29) is 11.6 Å². The first kappa shape index (κ1) is 14.1. The molecule has 0 spiro atoms. The van der Waals surface area contributed by atoms with Crippen molar-refractivity contribution in [2.45, 2.75) is 6.42 Å². The molecule has 1 aromatic rings. The van der Waals surface area contributed by atoms with Crippen LogP contribution in [0.1, 0.15) is 15.9 Å². The summed E-state index contributed by atoms with van der Waals surface area (Å²) in [5.41, 5.74) is 1.93. The normalized spacial score (nSPS) is 18.7. The van der Waals surface area contributed by atoms with Gasteiger partial charge in [0.05, 0.1) is 5.56 Å². The molecule has 0 aromatic heterocycles. The van der Waals surface area contributed by atoms with Crippen molar-refractivity contribution in [3.63, 3.8) is 0 Å². The molecular formula is C14H16N2O4S. The van der Waals surface area contributed by atoms with Gasteiger partial charge in [0.25, 0.3) is 0 Å². The Kier molecular flexibility index (Phi) is 3.67. The molecular weight excluding hydrogens is 292 g/mol. The zero-order valence-corrected chi connectivity index (χ0v) is 12.3. The molecule has 1 saturated heterocycles. The fourth-order valence-corrected chi connectivity index (χ4v) is 3.79. The lowest BCUT2D eigenvalue weighted by atomic mass is 10.1. The fraction of sp³-hybridized carbons (Fsp3) is 0.429. The first-order chi connectivity index (χ1) is 10.1. The summed E-state index contributed by atoms with van der Waals surface area (Å²) in [6.07, 6.45) is 0.669. The second-order valence-corrected chi connectivity index (χ2v) is 6.86. The minimum absolute atomic E-state index is 0.0754. The molecule has 1 N–H and O–H groups in total. The molecule has 2 amide bonds. The number of amides is 2. The summed E-state index contributed by atoms with van der Waals surface area (Å²) in [6.45, 7) is 1.60. The molecule has 0 aliphatic carbocycles. The van der Waals surface area contributed by atoms with Crippen LogP contribution in [0.3, 0.4) is 0 Å². The Morgan fingerprint density at radius 2 is 1.86 bits per heavy atom. The average Bonchev–Trinajstić information content (AvgIpc) is 2.90. The highest BCUT2D eigenvalue weighted by Crippen LogP contribution is 2.30. The van der Waals surface area contributed by atoms with Crippen LogP contribution >= 0.6 is 0 Å². The van der Waals surface area contributed by atoms with E-state index < -0.39 is 16.8 Å². The van der Waals surface area contributed by atoms with Gasteiger partial charge in [-0.2, -0.15) is 0 Å². The number of benzene rings is 1. The zero-order valence-electron chi connectivity index (χ0n) is 11.4. The molecule has 6 nitrogen and oxygen atoms in total. The zero-order chi connectivity index (χ0) is 15.0. The molecule has 112 valence electrons. The van der Waals surface area contributed by atoms with E-state index in [1.54, 1.807) is 21.9 Å². The van der Waals surface area contributed by atoms with Crippen molar-refractivity contribution in [3.05, 3.63) is 29.3 Å². The monoisotopic (exact) mass is 308 g/mol. The molecule has 3 rings (SSSR count). The number of urea groups is 1. The van der Waals surface area contributed by atoms with Crippen LogP contribution in [0, 0.1) is 0 Å². The number of fused-ring (bicyclic) bond motifs is 1. The third-order valence-corrected chi connectivity index (χ3v) is 5.18. The number of aromatic carboxylic acids is 1. The van der Waals surface area contributed by atoms with E-state index in [4.69, 9.17) is 5.11 Å². The molecule has 0 bridgehead atoms. The second kappa shape index (κ2) is 5.48. The van der Waals surface area contributed by atoms with Crippen LogP contribution in [-0.2, 0) is 17.2 Å². The number of nitrogens with zero attached hydrogens (tertiary/aromatic N) is 2. The summed E-state index contributed by atoms with van der Waals surface area (Å²) in [7, 11) is -0.810. The molecule has 0 saturated carbocycles. The van der Waals surface area contributed by atoms with Crippen molar-refractivity contribution in [1.29, 1.82) is 0 Å². The van der Waals surface area contributed by atoms with Gasteiger partial charge in [0.2, 0.25) is 0 Å². The Morgan fingerprint density at radius 3 is 2.52 bits per heavy atom. The van der Waals surface area contributed by atoms with E-state index in [1.165, 1.54) is 6.07 Å². The standard InChI is InChI=1S/C14H16N2O4S/c17-13(18)11-1-2-12-10(9-11)3-4-16(12)14(19)15-5-7-21(20)8-6-15/h1-2,9H,3-8H2,(H,17,18). The molecule has 1 aromatic carbocycles. The SMILES string of the molecule is O=C(O)c1ccc2c(c1)CCN2C(=O)N1CCS(=O)CC1. The summed E-state index contributed by atoms with van der Waals surface area (Å²) >= 11 is 0. The van der Waals surface area contributed by atoms with E-state index in [9.17, 15) is 13.8 Å². The second-order valence-electron chi connectivity index (χ2n) is 5.17. The van der Waals surface area contributed by atoms with Crippen molar-refractivity contribution >= 4 is 28.5 Å². The quantitative estimate of drug-likeness (QED) is 0.837. The van der Waals surface area contributed by atoms with Crippen LogP contribution in [0.25, 0.3) is 0 Å². The third-order valence-electron chi connectivity index (χ3n) is 3.90. The molecule has 2 heterocycles. The topological polar surface area (TPSA) is 77.9 Å². The predicted octanol–water partition coefficient (Wildman–Crippen LogP) is 0.932. The number of carboxylic acid groups (broad SMARTS) is 1. The first-order valence-electron chi connectivity index (χ1n) is 6.84. The van der Waals surface area contributed by atoms with Crippen LogP contribution < -0.4 is 4.90 Å². The highest BCUT2D eigenvalue weighted by atomic mass is 32.2. The van der Waals surface area contributed by atoms with Gasteiger partial charge in [0.1, 0.15) is 0 Å². The number of carboxylic acids is 1. The van der Waals surface area contributed by atoms with Gasteiger partial charge in [0, 0.05) is 47.6 Å². The molecule has 0 unspecified atom stereocenters. The van der Waals surface area contributed by atoms with Crippen molar-refractivity contribution in [1.82, 2.24) is 4.90 Å². The lowest BCUT2D eigenvalue weighted by Gasteiger charge is -2.30. The molecule has 1 fully saturated rings. The lowest BCUT2D eigenvalue weighted by molar-refractivity contribution is 0.0697. The maximum atomic E-state index is 12.5. The maximum Gasteiger partial charge on any atom is 0.335 e. The minimum atomic E-state index is -0.957. The summed E-state index contributed by atoms with van der Waals surface area (Å²) in [5, 5.41) is 9.00. The number of hydrogen-bond acceptors (Lipinski definition) is 3. The van der Waals surface area contributed by atoms with Crippen molar-refractivity contribution in [2.24, 2.45) is 0 Å². The Morgan fingerprint density at radius 1 is 1.14 bits per heavy atom. The van der Waals surface area contributed by atoms with Gasteiger partial charge in [-0.1, -0.05) is 0 Å². The number of carbonyl (C=O) groups excluding carboxylic acids is 1. The third kappa shape index (κ3) is 2.65. The van der Waals surface area contributed by atoms with E-state index in [1.807, 2.05) is 0 Å². The van der Waals surface area contributed by atoms with Gasteiger partial charge in [0.15, 0.2) is 0 Å². The van der Waals surface area contributed by atoms with Crippen molar-refractivity contribution < 1.29 is 18.9 Å². The van der Waals surface area contributed by atoms with E-state index in [2.05, 4.69) is 0 Å². The number of anilines is 1. The van der Waals surface area contributed by atoms with Crippen LogP contribution in [0.5, 0.6) is 0 Å². The van der Waals surface area contributed by atoms with Gasteiger partial charge < -0.3 is 10.0 Å². The maximum absolute atomic E-state index is 12.5. The predicted molar refractivity (Wildman–Crippen MR) is 79.3 cm³/mol. The fourth-order valence-electron chi connectivity index (χ4n) is 2.73. The van der Waals surface area contributed by atoms with Crippen molar-refractivity contribution in [2.75, 3.05) is 36.0 Å². The van der Waals surface area contributed by atoms with E-state index >= 15 is 0 Å². The van der Waals surface area contributed by atoms with Gasteiger partial charge in [-0.05, 0) is 30.2 Å². The molecule has 7 heteroatoms. The van der Waals surface area contributed by atoms with Crippen LogP contribution in [0.2, 0.25) is 0 Å². The van der Waals surface area contributed by atoms with Gasteiger partial charge >= 0.3 is 12.0 Å². The van der Waals surface area contributed by atoms with Gasteiger partial charge in [-0.15, -0.1) is 0 Å². The Bertz CT molecular complexity index is 621. The van der Waals surface area contributed by atoms with Crippen molar-refractivity contribution in [3.8, 4) is 0 Å². The highest BCUT2D eigenvalue weighted by Gasteiger charge is 2.30. The number of hydrogen-bond donors (Lipinski definition) is 1. The smallest absolute Gasteiger partial charge is 0.335 e. The molecule has 0 radical (unpaired) electrons. The number of rotatable bonds is 1. The minimum Gasteiger partial charge on any atom is -0.478 e. The van der Waals surface area contributed by atoms with Crippen LogP contribution in [0.15, 0.2) is 18.2 Å². The Balaban J connectivity index is 1.79. The van der Waals surface area contributed by atoms with Gasteiger partial charge in [-0.3, -0.25) is 9.11 Å². The Labute approximate surface area is 124 Å². The summed E-state index contributed by atoms with van der Waals surface area (Å²) in [6, 6.07) is 4.79. The van der Waals surface area contributed by atoms with E-state index in [0.29, 0.717) is 37.6 Å². The van der Waals surface area contributed by atoms with E-state index in [0.717, 1.165) is 11.3 Å². The summed E-state index contributed by atoms with van der Waals surface area (Å²) in [5.74, 6) is 0.107. The summed E-state index contributed by atoms with van der Waals surface area (Å²) in [4.78, 5) is 26.9. The Hall–Kier alpha value is -1.89.